The van der Waals surface area contributed by atoms with Crippen LogP contribution in [0.1, 0.15) is 49.9 Å². The number of nitrogens with zero attached hydrogens (tertiary/aromatic N) is 3. The zero-order valence-electron chi connectivity index (χ0n) is 16.3. The third kappa shape index (κ3) is 3.66. The van der Waals surface area contributed by atoms with Crippen molar-refractivity contribution in [3.8, 4) is 0 Å². The van der Waals surface area contributed by atoms with Crippen molar-refractivity contribution in [1.82, 2.24) is 14.8 Å². The molecular weight excluding hydrogens is 386 g/mol. The van der Waals surface area contributed by atoms with Crippen molar-refractivity contribution in [2.75, 3.05) is 0 Å². The van der Waals surface area contributed by atoms with Crippen LogP contribution in [0.5, 0.6) is 0 Å². The summed E-state index contributed by atoms with van der Waals surface area (Å²) in [5, 5.41) is 11.0. The molecule has 3 nitrogen and oxygen atoms in total. The minimum absolute atomic E-state index is 0.482. The zero-order valence-corrected chi connectivity index (χ0v) is 17.9. The number of allylic oxidation sites excluding steroid dienone is 1. The van der Waals surface area contributed by atoms with Crippen LogP contribution in [-0.2, 0) is 18.7 Å². The van der Waals surface area contributed by atoms with Gasteiger partial charge in [0.1, 0.15) is 5.82 Å². The second-order valence-corrected chi connectivity index (χ2v) is 10.7. The van der Waals surface area contributed by atoms with Crippen LogP contribution in [0.15, 0.2) is 42.1 Å². The fourth-order valence-corrected chi connectivity index (χ4v) is 7.61. The normalized spacial score (nSPS) is 30.7. The van der Waals surface area contributed by atoms with E-state index in [2.05, 4.69) is 27.4 Å². The average molecular weight is 414 g/mol. The minimum Gasteiger partial charge on any atom is -0.302 e. The molecule has 4 aliphatic carbocycles. The van der Waals surface area contributed by atoms with Crippen molar-refractivity contribution in [1.29, 1.82) is 0 Å². The molecule has 2 aromatic rings. The molecule has 148 valence electrons. The maximum absolute atomic E-state index is 6.13. The van der Waals surface area contributed by atoms with E-state index in [4.69, 9.17) is 11.6 Å². The van der Waals surface area contributed by atoms with Crippen LogP contribution in [0.3, 0.4) is 0 Å². The first kappa shape index (κ1) is 18.7. The zero-order chi connectivity index (χ0) is 19.1. The summed E-state index contributed by atoms with van der Waals surface area (Å²) in [5.74, 6) is 4.93. The van der Waals surface area contributed by atoms with E-state index < -0.39 is 0 Å². The first-order chi connectivity index (χ1) is 13.6. The molecule has 0 atom stereocenters. The van der Waals surface area contributed by atoms with E-state index in [1.54, 1.807) is 11.8 Å². The quantitative estimate of drug-likeness (QED) is 0.401. The van der Waals surface area contributed by atoms with Gasteiger partial charge in [-0.15, -0.1) is 16.8 Å². The van der Waals surface area contributed by atoms with Gasteiger partial charge in [-0.05, 0) is 79.4 Å². The Morgan fingerprint density at radius 2 is 1.86 bits per heavy atom. The molecule has 4 bridgehead atoms. The molecule has 0 radical (unpaired) electrons. The highest BCUT2D eigenvalue weighted by Gasteiger charge is 2.51. The van der Waals surface area contributed by atoms with Gasteiger partial charge in [-0.1, -0.05) is 41.6 Å². The summed E-state index contributed by atoms with van der Waals surface area (Å²) < 4.78 is 2.29. The first-order valence-electron chi connectivity index (χ1n) is 10.5. The Balaban J connectivity index is 1.34. The highest BCUT2D eigenvalue weighted by molar-refractivity contribution is 7.98. The van der Waals surface area contributed by atoms with Crippen LogP contribution in [0.2, 0.25) is 5.02 Å². The molecule has 1 aromatic carbocycles. The average Bonchev–Trinajstić information content (AvgIpc) is 3.00. The summed E-state index contributed by atoms with van der Waals surface area (Å²) in [6.07, 6.45) is 11.7. The number of thioether (sulfide) groups is 1. The topological polar surface area (TPSA) is 30.7 Å². The Labute approximate surface area is 177 Å². The van der Waals surface area contributed by atoms with Gasteiger partial charge in [0.25, 0.3) is 0 Å². The van der Waals surface area contributed by atoms with Gasteiger partial charge in [0, 0.05) is 23.7 Å². The Morgan fingerprint density at radius 1 is 1.14 bits per heavy atom. The Morgan fingerprint density at radius 3 is 2.50 bits per heavy atom. The van der Waals surface area contributed by atoms with E-state index >= 15 is 0 Å². The van der Waals surface area contributed by atoms with E-state index in [0.717, 1.165) is 52.5 Å². The van der Waals surface area contributed by atoms with Gasteiger partial charge in [-0.3, -0.25) is 0 Å². The van der Waals surface area contributed by atoms with Crippen LogP contribution in [0.25, 0.3) is 0 Å². The van der Waals surface area contributed by atoms with Crippen molar-refractivity contribution in [2.45, 2.75) is 62.4 Å². The highest BCUT2D eigenvalue weighted by Crippen LogP contribution is 2.61. The summed E-state index contributed by atoms with van der Waals surface area (Å²) in [6, 6.07) is 8.06. The molecule has 1 heterocycles. The summed E-state index contributed by atoms with van der Waals surface area (Å²) in [6.45, 7) is 4.76. The van der Waals surface area contributed by atoms with Gasteiger partial charge in [0.05, 0.1) is 0 Å². The predicted octanol–water partition coefficient (Wildman–Crippen LogP) is 6.17. The largest absolute Gasteiger partial charge is 0.302 e. The van der Waals surface area contributed by atoms with Crippen molar-refractivity contribution in [2.24, 2.45) is 23.2 Å². The van der Waals surface area contributed by atoms with Crippen LogP contribution in [0, 0.1) is 23.2 Å². The Bertz CT molecular complexity index is 839. The van der Waals surface area contributed by atoms with Gasteiger partial charge in [-0.2, -0.15) is 0 Å². The summed E-state index contributed by atoms with van der Waals surface area (Å²) in [4.78, 5) is 0. The number of hydrogen-bond acceptors (Lipinski definition) is 3. The second kappa shape index (κ2) is 7.53. The van der Waals surface area contributed by atoms with E-state index in [9.17, 15) is 0 Å². The van der Waals surface area contributed by atoms with Crippen molar-refractivity contribution in [3.63, 3.8) is 0 Å². The monoisotopic (exact) mass is 413 g/mol. The van der Waals surface area contributed by atoms with Crippen molar-refractivity contribution in [3.05, 3.63) is 53.3 Å². The molecule has 4 aliphatic rings. The smallest absolute Gasteiger partial charge is 0.191 e. The third-order valence-corrected chi connectivity index (χ3v) is 8.33. The lowest BCUT2D eigenvalue weighted by molar-refractivity contribution is -0.0535. The predicted molar refractivity (Wildman–Crippen MR) is 116 cm³/mol. The number of hydrogen-bond donors (Lipinski definition) is 0. The van der Waals surface area contributed by atoms with Gasteiger partial charge < -0.3 is 4.57 Å². The molecule has 4 fully saturated rings. The van der Waals surface area contributed by atoms with Crippen LogP contribution >= 0.6 is 23.4 Å². The molecule has 0 aliphatic heterocycles. The van der Waals surface area contributed by atoms with Gasteiger partial charge in [-0.25, -0.2) is 0 Å². The van der Waals surface area contributed by atoms with E-state index in [-0.39, 0.29) is 0 Å². The van der Waals surface area contributed by atoms with Gasteiger partial charge >= 0.3 is 0 Å². The summed E-state index contributed by atoms with van der Waals surface area (Å²) >= 11 is 7.87. The lowest BCUT2D eigenvalue weighted by Gasteiger charge is -2.56. The molecule has 0 saturated heterocycles. The van der Waals surface area contributed by atoms with Gasteiger partial charge in [0.15, 0.2) is 5.16 Å². The van der Waals surface area contributed by atoms with Crippen LogP contribution in [0.4, 0.5) is 0 Å². The van der Waals surface area contributed by atoms with E-state index in [0.29, 0.717) is 5.41 Å². The lowest BCUT2D eigenvalue weighted by atomic mass is 9.49. The molecule has 28 heavy (non-hydrogen) atoms. The highest BCUT2D eigenvalue weighted by atomic mass is 35.5. The number of halogens is 1. The molecule has 0 spiro atoms. The Hall–Kier alpha value is -1.26. The minimum atomic E-state index is 0.482. The SMILES string of the molecule is C=CCn1c(CC23CC4CC(CC(C4)C2)C3)nnc1SCc1cccc(Cl)c1. The second-order valence-electron chi connectivity index (χ2n) is 9.31. The third-order valence-electron chi connectivity index (χ3n) is 7.06. The van der Waals surface area contributed by atoms with E-state index in [1.807, 2.05) is 24.3 Å². The number of aromatic nitrogens is 3. The number of benzene rings is 1. The molecule has 5 heteroatoms. The van der Waals surface area contributed by atoms with Crippen molar-refractivity contribution >= 4 is 23.4 Å². The molecule has 4 saturated carbocycles. The van der Waals surface area contributed by atoms with Crippen LogP contribution in [-0.4, -0.2) is 14.8 Å². The lowest BCUT2D eigenvalue weighted by Crippen LogP contribution is -2.47. The molecule has 6 rings (SSSR count). The molecule has 0 N–H and O–H groups in total. The van der Waals surface area contributed by atoms with E-state index in [1.165, 1.54) is 44.1 Å². The van der Waals surface area contributed by atoms with Gasteiger partial charge in [0.2, 0.25) is 0 Å². The number of rotatable bonds is 7. The van der Waals surface area contributed by atoms with Crippen molar-refractivity contribution < 1.29 is 0 Å². The maximum atomic E-state index is 6.13. The molecule has 0 unspecified atom stereocenters. The maximum Gasteiger partial charge on any atom is 0.191 e. The fraction of sp³-hybridized carbons (Fsp3) is 0.565. The Kier molecular flexibility index (Phi) is 5.04. The standard InChI is InChI=1S/C23H28ClN3S/c1-2-6-27-21(14-23-11-17-7-18(12-23)9-19(8-17)13-23)25-26-22(27)28-15-16-4-3-5-20(24)10-16/h2-5,10,17-19H,1,6-9,11-15H2. The molecule has 1 aromatic heterocycles. The molecular formula is C23H28ClN3S. The summed E-state index contributed by atoms with van der Waals surface area (Å²) in [5.41, 5.74) is 1.70. The molecule has 0 amide bonds. The fourth-order valence-electron chi connectivity index (χ4n) is 6.49. The first-order valence-corrected chi connectivity index (χ1v) is 11.9. The summed E-state index contributed by atoms with van der Waals surface area (Å²) in [7, 11) is 0. The van der Waals surface area contributed by atoms with Crippen LogP contribution < -0.4 is 0 Å².